The first-order chi connectivity index (χ1) is 30.9. The third-order valence-corrected chi connectivity index (χ3v) is 16.2. The monoisotopic (exact) mass is 1050 g/mol. The first-order valence-electron chi connectivity index (χ1n) is 23.6. The number of aryl methyl sites for hydroxylation is 1. The summed E-state index contributed by atoms with van der Waals surface area (Å²) >= 11 is 0. The van der Waals surface area contributed by atoms with Crippen molar-refractivity contribution < 1.29 is 33.7 Å². The molecule has 65 heavy (non-hydrogen) atoms. The summed E-state index contributed by atoms with van der Waals surface area (Å²) in [5.74, 6) is 1.52. The molecule has 0 bridgehead atoms. The van der Waals surface area contributed by atoms with Crippen molar-refractivity contribution in [1.82, 2.24) is 0 Å². The van der Waals surface area contributed by atoms with Gasteiger partial charge in [-0.05, 0) is 72.4 Å². The molecule has 2 saturated carbocycles. The Kier molecular flexibility index (Phi) is 13.9. The standard InChI is InChI=1S/C38H34NO.C22H30NSi.Ir/c1-26-21-37-35(25-34(26)36-23-28(19-20-39(36)2)22-27-9-5-3-6-10-27)33-18-17-32(24-38(33)40-37)31-15-13-30(14-16-31)29-11-7-4-8-12-29;1-16-11-12-19(18-9-7-8-10-18)14-20(16)21-13-17(2)22(15-23(21)3)24(4,5)6;/h4,7-8,11-21,23-25,27H,1-3,5-6,9-10,22H2;11-15,18H,1,3,7-10H2,2,4-6H3;/q2*-1;. The second kappa shape index (κ2) is 19.6. The van der Waals surface area contributed by atoms with E-state index in [9.17, 15) is 0 Å². The van der Waals surface area contributed by atoms with Crippen molar-refractivity contribution in [3.63, 3.8) is 0 Å². The molecule has 0 saturated heterocycles. The molecule has 5 aromatic carbocycles. The van der Waals surface area contributed by atoms with E-state index in [4.69, 9.17) is 4.42 Å². The van der Waals surface area contributed by atoms with Crippen molar-refractivity contribution in [3.05, 3.63) is 189 Å². The predicted molar refractivity (Wildman–Crippen MR) is 272 cm³/mol. The minimum atomic E-state index is -1.36. The molecule has 10 rings (SSSR count). The molecular weight excluding hydrogens is 985 g/mol. The molecule has 0 amide bonds. The van der Waals surface area contributed by atoms with E-state index in [0.29, 0.717) is 0 Å². The molecule has 0 spiro atoms. The first kappa shape index (κ1) is 46.1. The smallest absolute Gasteiger partial charge is 0.134 e. The minimum absolute atomic E-state index is 0. The summed E-state index contributed by atoms with van der Waals surface area (Å²) in [5, 5.41) is 3.72. The average molecular weight is 1050 g/mol. The van der Waals surface area contributed by atoms with Gasteiger partial charge in [0.1, 0.15) is 5.58 Å². The summed E-state index contributed by atoms with van der Waals surface area (Å²) in [4.78, 5) is 0. The van der Waals surface area contributed by atoms with Gasteiger partial charge in [-0.2, -0.15) is 31.0 Å². The molecule has 3 nitrogen and oxygen atoms in total. The van der Waals surface area contributed by atoms with Gasteiger partial charge in [-0.3, -0.25) is 0 Å². The Morgan fingerprint density at radius 2 is 1.20 bits per heavy atom. The van der Waals surface area contributed by atoms with Gasteiger partial charge in [0.2, 0.25) is 0 Å². The Hall–Kier alpha value is -5.45. The quantitative estimate of drug-likeness (QED) is 0.0844. The van der Waals surface area contributed by atoms with Crippen LogP contribution in [0, 0.1) is 40.8 Å². The number of fused-ring (bicyclic) bond motifs is 3. The molecule has 0 aliphatic heterocycles. The Balaban J connectivity index is 0.000000198. The second-order valence-corrected chi connectivity index (χ2v) is 24.8. The zero-order valence-electron chi connectivity index (χ0n) is 38.9. The fourth-order valence-corrected chi connectivity index (χ4v) is 12.3. The van der Waals surface area contributed by atoms with E-state index < -0.39 is 8.07 Å². The number of nitrogens with zero attached hydrogens (tertiary/aromatic N) is 2. The van der Waals surface area contributed by atoms with Crippen LogP contribution in [0.1, 0.15) is 91.5 Å². The molecule has 2 aliphatic rings. The number of furan rings is 1. The number of hydrogen-bond acceptors (Lipinski definition) is 1. The molecule has 0 N–H and O–H groups in total. The van der Waals surface area contributed by atoms with Crippen LogP contribution < -0.4 is 14.3 Å². The molecule has 5 heteroatoms. The summed E-state index contributed by atoms with van der Waals surface area (Å²) in [5.41, 5.74) is 17.4. The zero-order valence-corrected chi connectivity index (χ0v) is 42.3. The Bertz CT molecular complexity index is 2930. The molecule has 335 valence electrons. The Labute approximate surface area is 403 Å². The van der Waals surface area contributed by atoms with Crippen LogP contribution in [0.2, 0.25) is 19.6 Å². The summed E-state index contributed by atoms with van der Waals surface area (Å²) < 4.78 is 10.4. The summed E-state index contributed by atoms with van der Waals surface area (Å²) in [6, 6.07) is 43.8. The number of rotatable bonds is 8. The van der Waals surface area contributed by atoms with Crippen LogP contribution in [0.25, 0.3) is 66.7 Å². The van der Waals surface area contributed by atoms with E-state index in [1.807, 2.05) is 10.6 Å². The van der Waals surface area contributed by atoms with Gasteiger partial charge in [-0.1, -0.05) is 165 Å². The van der Waals surface area contributed by atoms with Crippen LogP contribution in [0.15, 0.2) is 138 Å². The van der Waals surface area contributed by atoms with E-state index in [2.05, 4.69) is 187 Å². The normalized spacial score (nSPS) is 14.6. The van der Waals surface area contributed by atoms with Gasteiger partial charge in [0.05, 0.1) is 37.4 Å². The van der Waals surface area contributed by atoms with E-state index in [-0.39, 0.29) is 20.1 Å². The fraction of sp³-hybridized carbons (Fsp3) is 0.267. The van der Waals surface area contributed by atoms with Crippen LogP contribution >= 0.6 is 0 Å². The Morgan fingerprint density at radius 3 is 1.91 bits per heavy atom. The third-order valence-electron chi connectivity index (χ3n) is 14.1. The zero-order chi connectivity index (χ0) is 44.5. The molecule has 8 aromatic rings. The van der Waals surface area contributed by atoms with Crippen molar-refractivity contribution in [3.8, 4) is 44.8 Å². The summed E-state index contributed by atoms with van der Waals surface area (Å²) in [7, 11) is 7.23. The van der Waals surface area contributed by atoms with Crippen molar-refractivity contribution in [2.24, 2.45) is 5.92 Å². The van der Waals surface area contributed by atoms with Crippen molar-refractivity contribution in [2.75, 3.05) is 0 Å². The predicted octanol–water partition coefficient (Wildman–Crippen LogP) is 14.8. The van der Waals surface area contributed by atoms with Gasteiger partial charge in [0, 0.05) is 45.0 Å². The molecule has 1 radical (unpaired) electrons. The summed E-state index contributed by atoms with van der Waals surface area (Å²) in [6.07, 6.45) is 17.7. The minimum Gasteiger partial charge on any atom is -0.469 e. The van der Waals surface area contributed by atoms with Crippen LogP contribution in [0.3, 0.4) is 0 Å². The number of benzene rings is 5. The number of aromatic nitrogens is 2. The largest absolute Gasteiger partial charge is 0.469 e. The Morgan fingerprint density at radius 1 is 0.585 bits per heavy atom. The van der Waals surface area contributed by atoms with Gasteiger partial charge >= 0.3 is 0 Å². The first-order valence-corrected chi connectivity index (χ1v) is 27.1. The fourth-order valence-electron chi connectivity index (χ4n) is 10.5. The van der Waals surface area contributed by atoms with Gasteiger partial charge in [-0.15, -0.1) is 35.4 Å². The van der Waals surface area contributed by atoms with Crippen molar-refractivity contribution in [2.45, 2.75) is 96.7 Å². The topological polar surface area (TPSA) is 20.9 Å². The van der Waals surface area contributed by atoms with Gasteiger partial charge < -0.3 is 13.6 Å². The second-order valence-electron chi connectivity index (χ2n) is 19.7. The number of hydrogen-bond donors (Lipinski definition) is 0. The molecule has 3 aromatic heterocycles. The maximum atomic E-state index is 6.37. The van der Waals surface area contributed by atoms with Gasteiger partial charge in [0.25, 0.3) is 0 Å². The van der Waals surface area contributed by atoms with Gasteiger partial charge in [-0.25, -0.2) is 0 Å². The molecular formula is C60H64IrN2OSi-2. The van der Waals surface area contributed by atoms with Crippen molar-refractivity contribution in [1.29, 1.82) is 0 Å². The molecule has 2 fully saturated rings. The van der Waals surface area contributed by atoms with E-state index in [1.54, 1.807) is 0 Å². The third kappa shape index (κ3) is 10.0. The van der Waals surface area contributed by atoms with Crippen LogP contribution in [-0.2, 0) is 26.5 Å². The molecule has 0 unspecified atom stereocenters. The van der Waals surface area contributed by atoms with Crippen LogP contribution in [-0.4, -0.2) is 8.07 Å². The molecule has 0 atom stereocenters. The maximum absolute atomic E-state index is 6.37. The average Bonchev–Trinajstić information content (AvgIpc) is 3.97. The van der Waals surface area contributed by atoms with E-state index in [1.165, 1.54) is 108 Å². The van der Waals surface area contributed by atoms with E-state index >= 15 is 0 Å². The van der Waals surface area contributed by atoms with Gasteiger partial charge in [0.15, 0.2) is 0 Å². The SMILES string of the molecule is [CH2-]c1cc2oc3cc(-c4ccc(-c5ccccc5)cc4)ccc3c2cc1-c1cc(CC2CCCCC2)cc[n+]1[CH2-].[CH2-]c1ccc(C2CCCC2)cc1-c1cc(C)c([Si](C)(C)C)c[n+]1[CH2-].[Ir]. The number of pyridine rings is 2. The van der Waals surface area contributed by atoms with Crippen molar-refractivity contribution >= 4 is 35.2 Å². The summed E-state index contributed by atoms with van der Waals surface area (Å²) in [6.45, 7) is 18.1. The molecule has 3 heterocycles. The van der Waals surface area contributed by atoms with E-state index in [0.717, 1.165) is 68.1 Å². The molecule has 2 aliphatic carbocycles. The maximum Gasteiger partial charge on any atom is 0.134 e. The van der Waals surface area contributed by atoms with Crippen LogP contribution in [0.4, 0.5) is 0 Å². The van der Waals surface area contributed by atoms with Crippen LogP contribution in [0.5, 0.6) is 0 Å².